The molecule has 72 valence electrons. The summed E-state index contributed by atoms with van der Waals surface area (Å²) in [6.45, 7) is 0. The largest absolute Gasteiger partial charge is 0.457 e. The van der Waals surface area contributed by atoms with Gasteiger partial charge in [0.05, 0.1) is 11.8 Å². The second-order valence-electron chi connectivity index (χ2n) is 2.31. The molecule has 0 atom stereocenters. The quantitative estimate of drug-likeness (QED) is 0.911. The summed E-state index contributed by atoms with van der Waals surface area (Å²) in [4.78, 5) is 11.5. The van der Waals surface area contributed by atoms with Crippen molar-refractivity contribution in [2.24, 2.45) is 0 Å². The van der Waals surface area contributed by atoms with E-state index in [1.165, 1.54) is 17.6 Å². The van der Waals surface area contributed by atoms with Gasteiger partial charge in [-0.2, -0.15) is 0 Å². The Labute approximate surface area is 91.3 Å². The SMILES string of the molecule is O=C(Nc1nncs1)c1ccoc1Br. The lowest BCUT2D eigenvalue weighted by atomic mass is 10.3. The number of hydrogen-bond donors (Lipinski definition) is 1. The Balaban J connectivity index is 2.14. The van der Waals surface area contributed by atoms with Crippen molar-refractivity contribution >= 4 is 38.3 Å². The van der Waals surface area contributed by atoms with Crippen LogP contribution >= 0.6 is 27.3 Å². The fourth-order valence-corrected chi connectivity index (χ4v) is 1.71. The summed E-state index contributed by atoms with van der Waals surface area (Å²) in [5, 5.41) is 10.3. The average Bonchev–Trinajstić information content (AvgIpc) is 2.75. The minimum atomic E-state index is -0.276. The summed E-state index contributed by atoms with van der Waals surface area (Å²) in [7, 11) is 0. The molecule has 0 aliphatic rings. The molecule has 0 bridgehead atoms. The first-order chi connectivity index (χ1) is 6.77. The van der Waals surface area contributed by atoms with Crippen LogP contribution in [0.4, 0.5) is 5.13 Å². The summed E-state index contributed by atoms with van der Waals surface area (Å²) in [5.74, 6) is -0.276. The van der Waals surface area contributed by atoms with Crippen LogP contribution in [0.1, 0.15) is 10.4 Å². The predicted octanol–water partition coefficient (Wildman–Crippen LogP) is 2.15. The third-order valence-electron chi connectivity index (χ3n) is 1.44. The van der Waals surface area contributed by atoms with Crippen LogP contribution in [0.2, 0.25) is 0 Å². The molecule has 1 amide bonds. The number of nitrogens with zero attached hydrogens (tertiary/aromatic N) is 2. The summed E-state index contributed by atoms with van der Waals surface area (Å²) in [6, 6.07) is 1.57. The topological polar surface area (TPSA) is 68.0 Å². The normalized spacial score (nSPS) is 10.1. The number of carbonyl (C=O) groups is 1. The zero-order valence-electron chi connectivity index (χ0n) is 6.73. The number of halogens is 1. The Morgan fingerprint density at radius 3 is 3.07 bits per heavy atom. The van der Waals surface area contributed by atoms with Gasteiger partial charge in [-0.05, 0) is 22.0 Å². The Morgan fingerprint density at radius 1 is 1.64 bits per heavy atom. The van der Waals surface area contributed by atoms with Crippen molar-refractivity contribution in [3.8, 4) is 0 Å². The van der Waals surface area contributed by atoms with Gasteiger partial charge in [-0.25, -0.2) is 0 Å². The van der Waals surface area contributed by atoms with Crippen LogP contribution in [-0.4, -0.2) is 16.1 Å². The van der Waals surface area contributed by atoms with E-state index in [-0.39, 0.29) is 5.91 Å². The summed E-state index contributed by atoms with van der Waals surface area (Å²) >= 11 is 4.37. The molecule has 14 heavy (non-hydrogen) atoms. The number of carbonyl (C=O) groups excluding carboxylic acids is 1. The molecule has 0 saturated carbocycles. The van der Waals surface area contributed by atoms with Gasteiger partial charge in [0.1, 0.15) is 5.51 Å². The maximum Gasteiger partial charge on any atom is 0.261 e. The third-order valence-corrected chi connectivity index (χ3v) is 2.66. The van der Waals surface area contributed by atoms with Crippen LogP contribution < -0.4 is 5.32 Å². The maximum absolute atomic E-state index is 11.5. The molecule has 5 nitrogen and oxygen atoms in total. The van der Waals surface area contributed by atoms with Crippen LogP contribution in [0.25, 0.3) is 0 Å². The van der Waals surface area contributed by atoms with Gasteiger partial charge in [0, 0.05) is 0 Å². The van der Waals surface area contributed by atoms with Crippen molar-refractivity contribution in [3.05, 3.63) is 28.1 Å². The second kappa shape index (κ2) is 3.89. The van der Waals surface area contributed by atoms with E-state index >= 15 is 0 Å². The molecule has 0 radical (unpaired) electrons. The van der Waals surface area contributed by atoms with Crippen molar-refractivity contribution < 1.29 is 9.21 Å². The van der Waals surface area contributed by atoms with Crippen LogP contribution in [0.15, 0.2) is 26.9 Å². The highest BCUT2D eigenvalue weighted by Crippen LogP contribution is 2.19. The lowest BCUT2D eigenvalue weighted by molar-refractivity contribution is 0.102. The zero-order valence-corrected chi connectivity index (χ0v) is 9.13. The molecule has 7 heteroatoms. The number of furan rings is 1. The van der Waals surface area contributed by atoms with E-state index in [1.807, 2.05) is 0 Å². The summed E-state index contributed by atoms with van der Waals surface area (Å²) in [5.41, 5.74) is 1.97. The molecular formula is C7H4BrN3O2S. The first kappa shape index (κ1) is 9.35. The predicted molar refractivity (Wildman–Crippen MR) is 54.3 cm³/mol. The number of aromatic nitrogens is 2. The molecule has 2 aromatic rings. The summed E-state index contributed by atoms with van der Waals surface area (Å²) < 4.78 is 5.33. The van der Waals surface area contributed by atoms with E-state index in [9.17, 15) is 4.79 Å². The van der Waals surface area contributed by atoms with Crippen molar-refractivity contribution in [2.45, 2.75) is 0 Å². The van der Waals surface area contributed by atoms with E-state index in [0.717, 1.165) is 0 Å². The van der Waals surface area contributed by atoms with Crippen LogP contribution in [0, 0.1) is 0 Å². The van der Waals surface area contributed by atoms with Crippen molar-refractivity contribution in [3.63, 3.8) is 0 Å². The van der Waals surface area contributed by atoms with Gasteiger partial charge in [0.15, 0.2) is 4.67 Å². The van der Waals surface area contributed by atoms with E-state index in [0.29, 0.717) is 15.4 Å². The van der Waals surface area contributed by atoms with Crippen LogP contribution in [0.3, 0.4) is 0 Å². The molecule has 2 rings (SSSR count). The molecule has 0 saturated heterocycles. The van der Waals surface area contributed by atoms with E-state index in [1.54, 1.807) is 11.6 Å². The van der Waals surface area contributed by atoms with Crippen LogP contribution in [0.5, 0.6) is 0 Å². The minimum Gasteiger partial charge on any atom is -0.457 e. The molecule has 2 heterocycles. The van der Waals surface area contributed by atoms with Crippen LogP contribution in [-0.2, 0) is 0 Å². The maximum atomic E-state index is 11.5. The standard InChI is InChI=1S/C7H4BrN3O2S/c8-5-4(1-2-13-5)6(12)10-7-11-9-3-14-7/h1-3H,(H,10,11,12). The van der Waals surface area contributed by atoms with Gasteiger partial charge in [0.2, 0.25) is 5.13 Å². The smallest absolute Gasteiger partial charge is 0.261 e. The summed E-state index contributed by atoms with van der Waals surface area (Å²) in [6.07, 6.45) is 1.43. The molecular weight excluding hydrogens is 270 g/mol. The minimum absolute atomic E-state index is 0.276. The van der Waals surface area contributed by atoms with Crippen molar-refractivity contribution in [2.75, 3.05) is 5.32 Å². The number of nitrogens with one attached hydrogen (secondary N) is 1. The van der Waals surface area contributed by atoms with E-state index in [4.69, 9.17) is 4.42 Å². The Morgan fingerprint density at radius 2 is 2.50 bits per heavy atom. The Kier molecular flexibility index (Phi) is 2.60. The molecule has 0 aromatic carbocycles. The zero-order chi connectivity index (χ0) is 9.97. The lowest BCUT2D eigenvalue weighted by Crippen LogP contribution is -2.11. The van der Waals surface area contributed by atoms with Gasteiger partial charge in [-0.15, -0.1) is 10.2 Å². The number of anilines is 1. The molecule has 0 aliphatic carbocycles. The van der Waals surface area contributed by atoms with Gasteiger partial charge >= 0.3 is 0 Å². The monoisotopic (exact) mass is 273 g/mol. The Bertz CT molecular complexity index is 439. The van der Waals surface area contributed by atoms with Crippen molar-refractivity contribution in [1.82, 2.24) is 10.2 Å². The third kappa shape index (κ3) is 1.83. The highest BCUT2D eigenvalue weighted by molar-refractivity contribution is 9.10. The van der Waals surface area contributed by atoms with Gasteiger partial charge in [0.25, 0.3) is 5.91 Å². The fourth-order valence-electron chi connectivity index (χ4n) is 0.848. The average molecular weight is 274 g/mol. The number of rotatable bonds is 2. The number of hydrogen-bond acceptors (Lipinski definition) is 5. The lowest BCUT2D eigenvalue weighted by Gasteiger charge is -1.97. The molecule has 1 N–H and O–H groups in total. The molecule has 0 spiro atoms. The fraction of sp³-hybridized carbons (Fsp3) is 0. The van der Waals surface area contributed by atoms with Gasteiger partial charge in [-0.1, -0.05) is 11.3 Å². The van der Waals surface area contributed by atoms with Gasteiger partial charge < -0.3 is 4.42 Å². The molecule has 0 unspecified atom stereocenters. The van der Waals surface area contributed by atoms with Crippen molar-refractivity contribution in [1.29, 1.82) is 0 Å². The highest BCUT2D eigenvalue weighted by Gasteiger charge is 2.13. The molecule has 0 fully saturated rings. The Hall–Kier alpha value is -1.21. The molecule has 2 aromatic heterocycles. The van der Waals surface area contributed by atoms with E-state index < -0.39 is 0 Å². The first-order valence-corrected chi connectivity index (χ1v) is 5.25. The highest BCUT2D eigenvalue weighted by atomic mass is 79.9. The van der Waals surface area contributed by atoms with Gasteiger partial charge in [-0.3, -0.25) is 10.1 Å². The number of amides is 1. The molecule has 0 aliphatic heterocycles. The van der Waals surface area contributed by atoms with E-state index in [2.05, 4.69) is 31.4 Å². The first-order valence-electron chi connectivity index (χ1n) is 3.58. The second-order valence-corrected chi connectivity index (χ2v) is 3.86.